The van der Waals surface area contributed by atoms with E-state index < -0.39 is 6.04 Å². The fraction of sp³-hybridized carbons (Fsp3) is 0.281. The predicted octanol–water partition coefficient (Wildman–Crippen LogP) is 5.31. The molecule has 1 aromatic heterocycles. The average molecular weight is 569 g/mol. The van der Waals surface area contributed by atoms with Gasteiger partial charge in [0.05, 0.1) is 28.4 Å². The summed E-state index contributed by atoms with van der Waals surface area (Å²) in [5.74, 6) is 3.29. The van der Waals surface area contributed by atoms with Gasteiger partial charge < -0.3 is 29.0 Å². The summed E-state index contributed by atoms with van der Waals surface area (Å²) in [6.45, 7) is 0.380. The Morgan fingerprint density at radius 3 is 2.24 bits per heavy atom. The third-order valence-corrected chi connectivity index (χ3v) is 7.76. The van der Waals surface area contributed by atoms with E-state index in [1.165, 1.54) is 6.33 Å². The van der Waals surface area contributed by atoms with Crippen molar-refractivity contribution in [3.8, 4) is 28.7 Å². The minimum atomic E-state index is -0.475. The van der Waals surface area contributed by atoms with Crippen LogP contribution in [-0.4, -0.2) is 49.0 Å². The van der Waals surface area contributed by atoms with Gasteiger partial charge in [0.2, 0.25) is 11.7 Å². The Balaban J connectivity index is 1.37. The molecule has 0 saturated heterocycles. The van der Waals surface area contributed by atoms with Crippen molar-refractivity contribution in [3.63, 3.8) is 0 Å². The number of anilines is 1. The zero-order chi connectivity index (χ0) is 29.2. The lowest BCUT2D eigenvalue weighted by Crippen LogP contribution is -2.33. The van der Waals surface area contributed by atoms with Gasteiger partial charge in [0.1, 0.15) is 19.0 Å². The van der Waals surface area contributed by atoms with Crippen molar-refractivity contribution in [1.29, 1.82) is 0 Å². The second kappa shape index (κ2) is 11.5. The number of carbonyl (C=O) groups is 1. The highest BCUT2D eigenvalue weighted by molar-refractivity contribution is 6.00. The summed E-state index contributed by atoms with van der Waals surface area (Å²) in [6, 6.07) is 19.0. The van der Waals surface area contributed by atoms with Crippen LogP contribution in [0.15, 0.2) is 78.3 Å². The first-order valence-electron chi connectivity index (χ1n) is 13.6. The molecule has 42 heavy (non-hydrogen) atoms. The minimum absolute atomic E-state index is 0.0243. The lowest BCUT2D eigenvalue weighted by molar-refractivity contribution is -0.116. The number of hydrogen-bond acceptors (Lipinski definition) is 9. The molecule has 0 saturated carbocycles. The number of nitrogens with one attached hydrogen (secondary N) is 1. The molecule has 0 spiro atoms. The van der Waals surface area contributed by atoms with Crippen molar-refractivity contribution < 1.29 is 28.5 Å². The number of benzene rings is 3. The summed E-state index contributed by atoms with van der Waals surface area (Å²) < 4.78 is 30.2. The molecule has 3 aromatic carbocycles. The molecule has 1 aliphatic heterocycles. The van der Waals surface area contributed by atoms with Crippen molar-refractivity contribution in [1.82, 2.24) is 14.8 Å². The number of hydrogen-bond donors (Lipinski definition) is 1. The fourth-order valence-corrected chi connectivity index (χ4v) is 5.74. The molecule has 6 rings (SSSR count). The van der Waals surface area contributed by atoms with Crippen LogP contribution in [0.1, 0.15) is 41.5 Å². The Morgan fingerprint density at radius 2 is 1.55 bits per heavy atom. The van der Waals surface area contributed by atoms with E-state index in [9.17, 15) is 4.79 Å². The fourth-order valence-electron chi connectivity index (χ4n) is 5.74. The molecule has 216 valence electrons. The van der Waals surface area contributed by atoms with Gasteiger partial charge in [0.25, 0.3) is 0 Å². The summed E-state index contributed by atoms with van der Waals surface area (Å²) in [4.78, 5) is 18.4. The number of Topliss-reactive ketones (excluding diaryl/α,β-unsaturated/α-hetero) is 1. The summed E-state index contributed by atoms with van der Waals surface area (Å²) in [7, 11) is 6.35. The molecule has 1 N–H and O–H groups in total. The number of methoxy groups -OCH3 is 4. The molecular weight excluding hydrogens is 536 g/mol. The number of carbonyl (C=O) groups excluding carboxylic acids is 1. The van der Waals surface area contributed by atoms with E-state index in [0.717, 1.165) is 22.4 Å². The van der Waals surface area contributed by atoms with Crippen LogP contribution in [-0.2, 0) is 11.4 Å². The van der Waals surface area contributed by atoms with E-state index >= 15 is 0 Å². The summed E-state index contributed by atoms with van der Waals surface area (Å²) in [5.41, 5.74) is 4.29. The highest BCUT2D eigenvalue weighted by Gasteiger charge is 2.40. The number of fused-ring (bicyclic) bond motifs is 1. The molecular formula is C32H32N4O6. The first-order valence-corrected chi connectivity index (χ1v) is 13.6. The molecule has 1 aliphatic carbocycles. The minimum Gasteiger partial charge on any atom is -0.493 e. The lowest BCUT2D eigenvalue weighted by atomic mass is 9.77. The Labute approximate surface area is 243 Å². The van der Waals surface area contributed by atoms with Gasteiger partial charge in [-0.25, -0.2) is 4.68 Å². The highest BCUT2D eigenvalue weighted by Crippen LogP contribution is 2.47. The van der Waals surface area contributed by atoms with E-state index in [-0.39, 0.29) is 11.7 Å². The monoisotopic (exact) mass is 568 g/mol. The number of ketones is 1. The van der Waals surface area contributed by atoms with Gasteiger partial charge in [0, 0.05) is 17.7 Å². The molecule has 2 aliphatic rings. The highest BCUT2D eigenvalue weighted by atomic mass is 16.5. The molecule has 10 nitrogen and oxygen atoms in total. The first kappa shape index (κ1) is 27.2. The number of ether oxygens (including phenoxy) is 5. The third-order valence-electron chi connectivity index (χ3n) is 7.76. The van der Waals surface area contributed by atoms with Crippen molar-refractivity contribution in [2.24, 2.45) is 0 Å². The maximum absolute atomic E-state index is 14.0. The maximum atomic E-state index is 14.0. The normalized spacial score (nSPS) is 17.6. The van der Waals surface area contributed by atoms with Gasteiger partial charge in [-0.2, -0.15) is 10.1 Å². The van der Waals surface area contributed by atoms with Crippen molar-refractivity contribution in [2.75, 3.05) is 33.8 Å². The number of rotatable bonds is 9. The SMILES string of the molecule is COc1ccc(C2C3=C(CC(c4cc(OC)c(OC)c(OC)c4)CC3=O)Nc3ncnn32)cc1OCc1ccccc1. The van der Waals surface area contributed by atoms with Gasteiger partial charge in [-0.15, -0.1) is 0 Å². The largest absolute Gasteiger partial charge is 0.493 e. The molecule has 2 unspecified atom stereocenters. The smallest absolute Gasteiger partial charge is 0.226 e. The molecule has 0 bridgehead atoms. The van der Waals surface area contributed by atoms with Crippen LogP contribution in [0.25, 0.3) is 0 Å². The van der Waals surface area contributed by atoms with Gasteiger partial charge >= 0.3 is 0 Å². The molecule has 2 atom stereocenters. The predicted molar refractivity (Wildman–Crippen MR) is 156 cm³/mol. The number of aromatic nitrogens is 3. The van der Waals surface area contributed by atoms with E-state index in [4.69, 9.17) is 23.7 Å². The van der Waals surface area contributed by atoms with Crippen LogP contribution in [0.3, 0.4) is 0 Å². The Bertz CT molecular complexity index is 1620. The van der Waals surface area contributed by atoms with Crippen LogP contribution in [0.5, 0.6) is 28.7 Å². The number of nitrogens with zero attached hydrogens (tertiary/aromatic N) is 3. The van der Waals surface area contributed by atoms with Gasteiger partial charge in [-0.05, 0) is 53.3 Å². The second-order valence-electron chi connectivity index (χ2n) is 10.1. The van der Waals surface area contributed by atoms with Gasteiger partial charge in [-0.3, -0.25) is 4.79 Å². The first-order chi connectivity index (χ1) is 20.5. The average Bonchev–Trinajstić information content (AvgIpc) is 3.50. The van der Waals surface area contributed by atoms with Crippen LogP contribution >= 0.6 is 0 Å². The Morgan fingerprint density at radius 1 is 0.833 bits per heavy atom. The van der Waals surface area contributed by atoms with Crippen LogP contribution in [0.4, 0.5) is 5.95 Å². The van der Waals surface area contributed by atoms with E-state index in [1.807, 2.05) is 60.7 Å². The lowest BCUT2D eigenvalue weighted by Gasteiger charge is -2.35. The Kier molecular flexibility index (Phi) is 7.43. The zero-order valence-corrected chi connectivity index (χ0v) is 23.9. The standard InChI is InChI=1S/C32H32N4O6/c1-38-25-11-10-20(14-26(25)42-17-19-8-6-5-7-9-19)30-29-23(35-32-33-18-34-36(30)32)12-21(13-24(29)37)22-15-27(39-2)31(41-4)28(16-22)40-3/h5-11,14-16,18,21,30H,12-13,17H2,1-4H3,(H,33,34,35). The number of allylic oxidation sites excluding steroid dienone is 2. The molecule has 0 radical (unpaired) electrons. The molecule has 4 aromatic rings. The van der Waals surface area contributed by atoms with E-state index in [2.05, 4.69) is 15.4 Å². The van der Waals surface area contributed by atoms with Crippen molar-refractivity contribution in [2.45, 2.75) is 31.4 Å². The topological polar surface area (TPSA) is 106 Å². The Hall–Kier alpha value is -4.99. The van der Waals surface area contributed by atoms with Gasteiger partial charge in [0.15, 0.2) is 28.8 Å². The van der Waals surface area contributed by atoms with Crippen LogP contribution < -0.4 is 29.0 Å². The van der Waals surface area contributed by atoms with Crippen molar-refractivity contribution in [3.05, 3.63) is 95.0 Å². The second-order valence-corrected chi connectivity index (χ2v) is 10.1. The van der Waals surface area contributed by atoms with Crippen molar-refractivity contribution >= 4 is 11.7 Å². The molecule has 10 heteroatoms. The summed E-state index contributed by atoms with van der Waals surface area (Å²) in [6.07, 6.45) is 2.40. The quantitative estimate of drug-likeness (QED) is 0.288. The molecule has 0 amide bonds. The van der Waals surface area contributed by atoms with E-state index in [0.29, 0.717) is 59.7 Å². The molecule has 0 fully saturated rings. The summed E-state index contributed by atoms with van der Waals surface area (Å²) >= 11 is 0. The third kappa shape index (κ3) is 4.89. The maximum Gasteiger partial charge on any atom is 0.226 e. The molecule has 2 heterocycles. The van der Waals surface area contributed by atoms with E-state index in [1.54, 1.807) is 33.1 Å². The van der Waals surface area contributed by atoms with Crippen LogP contribution in [0.2, 0.25) is 0 Å². The van der Waals surface area contributed by atoms with Gasteiger partial charge in [-0.1, -0.05) is 36.4 Å². The van der Waals surface area contributed by atoms with Crippen LogP contribution in [0, 0.1) is 0 Å². The summed E-state index contributed by atoms with van der Waals surface area (Å²) in [5, 5.41) is 7.86. The zero-order valence-electron chi connectivity index (χ0n) is 23.9.